The Bertz CT molecular complexity index is 1010. The van der Waals surface area contributed by atoms with Gasteiger partial charge in [0.1, 0.15) is 11.6 Å². The predicted octanol–water partition coefficient (Wildman–Crippen LogP) is 4.62. The standard InChI is InChI=1S/C24H25FN2O3/c1-4-30-22(28)13-15(2)27-24(17-5-9-18(25)10-6-17)20-12-8-16-7-11-19(29-3)14-21(16)23(20)26-27/h5-7,9-11,13-14,20,24H,4,8,12H2,1-3H3/b15-13+/t20-,24+/m0/s1. The zero-order chi connectivity index (χ0) is 21.3. The largest absolute Gasteiger partial charge is 0.497 e. The number of allylic oxidation sites excluding steroid dienone is 1. The van der Waals surface area contributed by atoms with Crippen LogP contribution in [0.15, 0.2) is 59.3 Å². The Morgan fingerprint density at radius 3 is 2.73 bits per heavy atom. The Kier molecular flexibility index (Phi) is 5.57. The molecule has 0 amide bonds. The van der Waals surface area contributed by atoms with Gasteiger partial charge in [-0.1, -0.05) is 18.2 Å². The quantitative estimate of drug-likeness (QED) is 0.535. The average Bonchev–Trinajstić information content (AvgIpc) is 3.14. The smallest absolute Gasteiger partial charge is 0.332 e. The Hall–Kier alpha value is -3.15. The third-order valence-corrected chi connectivity index (χ3v) is 5.72. The van der Waals surface area contributed by atoms with Crippen molar-refractivity contribution in [3.63, 3.8) is 0 Å². The van der Waals surface area contributed by atoms with E-state index in [4.69, 9.17) is 14.6 Å². The molecule has 2 aromatic carbocycles. The number of rotatable bonds is 5. The zero-order valence-electron chi connectivity index (χ0n) is 17.4. The summed E-state index contributed by atoms with van der Waals surface area (Å²) in [6, 6.07) is 12.5. The Balaban J connectivity index is 1.79. The minimum Gasteiger partial charge on any atom is -0.497 e. The maximum Gasteiger partial charge on any atom is 0.332 e. The number of methoxy groups -OCH3 is 1. The lowest BCUT2D eigenvalue weighted by Gasteiger charge is -2.31. The van der Waals surface area contributed by atoms with Crippen molar-refractivity contribution in [2.45, 2.75) is 32.7 Å². The molecule has 0 saturated heterocycles. The molecule has 0 N–H and O–H groups in total. The number of hydrogen-bond acceptors (Lipinski definition) is 5. The number of aryl methyl sites for hydroxylation is 1. The number of carbonyl (C=O) groups excluding carboxylic acids is 1. The second-order valence-electron chi connectivity index (χ2n) is 7.53. The molecule has 156 valence electrons. The van der Waals surface area contributed by atoms with Crippen LogP contribution in [0.4, 0.5) is 4.39 Å². The van der Waals surface area contributed by atoms with Crippen molar-refractivity contribution in [1.29, 1.82) is 0 Å². The molecule has 5 nitrogen and oxygen atoms in total. The first-order valence-electron chi connectivity index (χ1n) is 10.2. The number of nitrogens with zero attached hydrogens (tertiary/aromatic N) is 2. The van der Waals surface area contributed by atoms with Crippen molar-refractivity contribution in [1.82, 2.24) is 5.01 Å². The third-order valence-electron chi connectivity index (χ3n) is 5.72. The number of ether oxygens (including phenoxy) is 2. The summed E-state index contributed by atoms with van der Waals surface area (Å²) in [4.78, 5) is 12.1. The van der Waals surface area contributed by atoms with Crippen LogP contribution in [-0.2, 0) is 16.0 Å². The van der Waals surface area contributed by atoms with E-state index in [-0.39, 0.29) is 17.8 Å². The fourth-order valence-electron chi connectivity index (χ4n) is 4.32. The van der Waals surface area contributed by atoms with E-state index < -0.39 is 5.97 Å². The molecule has 0 unspecified atom stereocenters. The predicted molar refractivity (Wildman–Crippen MR) is 113 cm³/mol. The molecule has 1 aliphatic carbocycles. The second-order valence-corrected chi connectivity index (χ2v) is 7.53. The van der Waals surface area contributed by atoms with Crippen LogP contribution in [0.1, 0.15) is 43.0 Å². The van der Waals surface area contributed by atoms with Gasteiger partial charge in [-0.3, -0.25) is 5.01 Å². The van der Waals surface area contributed by atoms with Gasteiger partial charge in [-0.25, -0.2) is 9.18 Å². The lowest BCUT2D eigenvalue weighted by molar-refractivity contribution is -0.137. The van der Waals surface area contributed by atoms with Gasteiger partial charge in [-0.2, -0.15) is 5.10 Å². The van der Waals surface area contributed by atoms with Crippen molar-refractivity contribution in [3.05, 3.63) is 76.7 Å². The number of carbonyl (C=O) groups is 1. The van der Waals surface area contributed by atoms with Gasteiger partial charge in [0.15, 0.2) is 0 Å². The second kappa shape index (κ2) is 8.30. The minimum atomic E-state index is -0.398. The summed E-state index contributed by atoms with van der Waals surface area (Å²) in [6.45, 7) is 3.94. The van der Waals surface area contributed by atoms with E-state index in [2.05, 4.69) is 6.07 Å². The first-order chi connectivity index (χ1) is 14.5. The highest BCUT2D eigenvalue weighted by molar-refractivity contribution is 6.06. The molecule has 0 fully saturated rings. The highest BCUT2D eigenvalue weighted by Gasteiger charge is 2.42. The normalized spacial score (nSPS) is 20.3. The summed E-state index contributed by atoms with van der Waals surface area (Å²) in [5.74, 6) is 0.236. The van der Waals surface area contributed by atoms with Gasteiger partial charge in [0.05, 0.1) is 25.5 Å². The summed E-state index contributed by atoms with van der Waals surface area (Å²) in [6.07, 6.45) is 3.31. The number of hydrogen-bond donors (Lipinski definition) is 0. The van der Waals surface area contributed by atoms with Crippen molar-refractivity contribution in [2.24, 2.45) is 11.0 Å². The summed E-state index contributed by atoms with van der Waals surface area (Å²) < 4.78 is 24.1. The van der Waals surface area contributed by atoms with Crippen LogP contribution < -0.4 is 4.74 Å². The average molecular weight is 408 g/mol. The van der Waals surface area contributed by atoms with E-state index in [1.54, 1.807) is 26.2 Å². The summed E-state index contributed by atoms with van der Waals surface area (Å²) in [5.41, 5.74) is 4.93. The van der Waals surface area contributed by atoms with Crippen molar-refractivity contribution < 1.29 is 18.7 Å². The third kappa shape index (κ3) is 3.70. The van der Waals surface area contributed by atoms with Crippen molar-refractivity contribution >= 4 is 11.7 Å². The van der Waals surface area contributed by atoms with E-state index in [9.17, 15) is 9.18 Å². The van der Waals surface area contributed by atoms with E-state index >= 15 is 0 Å². The van der Waals surface area contributed by atoms with Gasteiger partial charge in [0.2, 0.25) is 0 Å². The molecular formula is C24H25FN2O3. The Morgan fingerprint density at radius 1 is 1.27 bits per heavy atom. The van der Waals surface area contributed by atoms with Crippen molar-refractivity contribution in [2.75, 3.05) is 13.7 Å². The minimum absolute atomic E-state index is 0.120. The van der Waals surface area contributed by atoms with Crippen LogP contribution in [0, 0.1) is 11.7 Å². The van der Waals surface area contributed by atoms with Gasteiger partial charge >= 0.3 is 5.97 Å². The Labute approximate surface area is 175 Å². The molecule has 2 aliphatic rings. The van der Waals surface area contributed by atoms with Gasteiger partial charge in [-0.15, -0.1) is 0 Å². The first-order valence-corrected chi connectivity index (χ1v) is 10.2. The number of halogens is 1. The monoisotopic (exact) mass is 408 g/mol. The van der Waals surface area contributed by atoms with E-state index in [1.165, 1.54) is 23.8 Å². The SMILES string of the molecule is CCOC(=O)/C=C(\C)N1N=C2c3cc(OC)ccc3CC[C@@H]2[C@H]1c1ccc(F)cc1. The van der Waals surface area contributed by atoms with E-state index in [0.717, 1.165) is 35.4 Å². The molecule has 4 rings (SSSR count). The molecule has 1 aliphatic heterocycles. The van der Waals surface area contributed by atoms with Gasteiger partial charge in [-0.05, 0) is 62.1 Å². The topological polar surface area (TPSA) is 51.1 Å². The van der Waals surface area contributed by atoms with Crippen LogP contribution >= 0.6 is 0 Å². The maximum atomic E-state index is 13.6. The van der Waals surface area contributed by atoms with Crippen LogP contribution in [0.3, 0.4) is 0 Å². The zero-order valence-corrected chi connectivity index (χ0v) is 17.4. The molecule has 0 radical (unpaired) electrons. The van der Waals surface area contributed by atoms with Crippen LogP contribution in [0.5, 0.6) is 5.75 Å². The van der Waals surface area contributed by atoms with Crippen LogP contribution in [0.25, 0.3) is 0 Å². The molecule has 2 atom stereocenters. The Morgan fingerprint density at radius 2 is 2.03 bits per heavy atom. The van der Waals surface area contributed by atoms with Crippen LogP contribution in [0.2, 0.25) is 0 Å². The molecule has 2 aromatic rings. The maximum absolute atomic E-state index is 13.6. The fraction of sp³-hybridized carbons (Fsp3) is 0.333. The van der Waals surface area contributed by atoms with Crippen LogP contribution in [-0.4, -0.2) is 30.4 Å². The number of benzene rings is 2. The van der Waals surface area contributed by atoms with E-state index in [0.29, 0.717) is 12.3 Å². The molecule has 0 spiro atoms. The molecule has 30 heavy (non-hydrogen) atoms. The lowest BCUT2D eigenvalue weighted by atomic mass is 9.77. The first kappa shape index (κ1) is 20.1. The summed E-state index contributed by atoms with van der Waals surface area (Å²) in [5, 5.41) is 6.82. The summed E-state index contributed by atoms with van der Waals surface area (Å²) in [7, 11) is 1.65. The molecule has 0 saturated carbocycles. The molecule has 0 bridgehead atoms. The highest BCUT2D eigenvalue weighted by atomic mass is 19.1. The van der Waals surface area contributed by atoms with E-state index in [1.807, 2.05) is 24.1 Å². The van der Waals surface area contributed by atoms with Crippen molar-refractivity contribution in [3.8, 4) is 5.75 Å². The highest BCUT2D eigenvalue weighted by Crippen LogP contribution is 2.45. The van der Waals surface area contributed by atoms with Gasteiger partial charge in [0, 0.05) is 23.3 Å². The fourth-order valence-corrected chi connectivity index (χ4v) is 4.32. The number of hydrazone groups is 1. The van der Waals surface area contributed by atoms with Gasteiger partial charge in [0.25, 0.3) is 0 Å². The number of fused-ring (bicyclic) bond motifs is 3. The lowest BCUT2D eigenvalue weighted by Crippen LogP contribution is -2.28. The molecule has 6 heteroatoms. The summed E-state index contributed by atoms with van der Waals surface area (Å²) >= 11 is 0. The number of esters is 1. The molecular weight excluding hydrogens is 383 g/mol. The molecule has 1 heterocycles. The van der Waals surface area contributed by atoms with Gasteiger partial charge < -0.3 is 9.47 Å². The molecule has 0 aromatic heterocycles.